The van der Waals surface area contributed by atoms with E-state index in [-0.39, 0.29) is 33.9 Å². The van der Waals surface area contributed by atoms with Crippen LogP contribution in [0.25, 0.3) is 16.6 Å². The predicted molar refractivity (Wildman–Crippen MR) is 119 cm³/mol. The van der Waals surface area contributed by atoms with Gasteiger partial charge in [-0.05, 0) is 29.8 Å². The Balaban J connectivity index is 1.95. The Morgan fingerprint density at radius 2 is 1.44 bits per heavy atom. The van der Waals surface area contributed by atoms with E-state index in [1.54, 1.807) is 30.3 Å². The number of nitrogens with zero attached hydrogens (tertiary/aromatic N) is 2. The van der Waals surface area contributed by atoms with Crippen LogP contribution in [0.2, 0.25) is 5.02 Å². The van der Waals surface area contributed by atoms with Gasteiger partial charge < -0.3 is 10.2 Å². The average Bonchev–Trinajstić information content (AvgIpc) is 2.80. The van der Waals surface area contributed by atoms with E-state index in [4.69, 9.17) is 11.6 Å². The predicted octanol–water partition coefficient (Wildman–Crippen LogP) is 5.65. The lowest BCUT2D eigenvalue weighted by Gasteiger charge is -2.32. The SMILES string of the molecule is O=c1c2c(Cl)c(O)ccc2nc(Cc2ccccc2)n1-c1ccc(C(O)(C(F)(F)F)C(F)(F)F)cc1. The van der Waals surface area contributed by atoms with Gasteiger partial charge in [-0.2, -0.15) is 26.3 Å². The highest BCUT2D eigenvalue weighted by Gasteiger charge is 2.71. The maximum Gasteiger partial charge on any atom is 0.430 e. The normalized spacial score (nSPS) is 12.8. The first-order valence-corrected chi connectivity index (χ1v) is 10.6. The molecule has 188 valence electrons. The summed E-state index contributed by atoms with van der Waals surface area (Å²) in [5.41, 5.74) is -6.69. The molecule has 0 saturated heterocycles. The second kappa shape index (κ2) is 8.82. The van der Waals surface area contributed by atoms with Crippen molar-refractivity contribution in [3.05, 3.63) is 99.1 Å². The first-order valence-electron chi connectivity index (χ1n) is 10.2. The monoisotopic (exact) mass is 528 g/mol. The molecule has 3 aromatic carbocycles. The minimum Gasteiger partial charge on any atom is -0.506 e. The average molecular weight is 529 g/mol. The van der Waals surface area contributed by atoms with Crippen LogP contribution in [0.4, 0.5) is 26.3 Å². The summed E-state index contributed by atoms with van der Waals surface area (Å²) in [4.78, 5) is 17.8. The van der Waals surface area contributed by atoms with Gasteiger partial charge in [-0.25, -0.2) is 4.98 Å². The number of alkyl halides is 6. The molecule has 0 aliphatic heterocycles. The Labute approximate surface area is 203 Å². The lowest BCUT2D eigenvalue weighted by molar-refractivity contribution is -0.376. The number of hydrogen-bond donors (Lipinski definition) is 2. The van der Waals surface area contributed by atoms with Crippen LogP contribution < -0.4 is 5.56 Å². The Kier molecular flexibility index (Phi) is 6.26. The van der Waals surface area contributed by atoms with E-state index in [1.165, 1.54) is 12.1 Å². The van der Waals surface area contributed by atoms with Crippen molar-refractivity contribution in [2.45, 2.75) is 24.4 Å². The fraction of sp³-hybridized carbons (Fsp3) is 0.167. The van der Waals surface area contributed by atoms with Crippen LogP contribution in [0, 0.1) is 0 Å². The molecule has 0 amide bonds. The van der Waals surface area contributed by atoms with E-state index in [0.717, 1.165) is 16.7 Å². The molecule has 0 atom stereocenters. The molecular weight excluding hydrogens is 514 g/mol. The van der Waals surface area contributed by atoms with Gasteiger partial charge >= 0.3 is 12.4 Å². The van der Waals surface area contributed by atoms with Crippen molar-refractivity contribution in [3.8, 4) is 11.4 Å². The van der Waals surface area contributed by atoms with Gasteiger partial charge in [0.15, 0.2) is 0 Å². The highest BCUT2D eigenvalue weighted by molar-refractivity contribution is 6.36. The van der Waals surface area contributed by atoms with Crippen LogP contribution in [0.1, 0.15) is 17.0 Å². The molecule has 4 rings (SSSR count). The number of phenols is 1. The van der Waals surface area contributed by atoms with E-state index in [1.807, 2.05) is 0 Å². The number of aromatic nitrogens is 2. The summed E-state index contributed by atoms with van der Waals surface area (Å²) < 4.78 is 80.6. The van der Waals surface area contributed by atoms with E-state index >= 15 is 0 Å². The summed E-state index contributed by atoms with van der Waals surface area (Å²) in [7, 11) is 0. The van der Waals surface area contributed by atoms with Gasteiger partial charge in [-0.3, -0.25) is 9.36 Å². The second-order valence-electron chi connectivity index (χ2n) is 7.88. The van der Waals surface area contributed by atoms with Gasteiger partial charge in [0.05, 0.1) is 21.6 Å². The third-order valence-electron chi connectivity index (χ3n) is 5.59. The molecule has 1 heterocycles. The van der Waals surface area contributed by atoms with Crippen LogP contribution in [0.5, 0.6) is 5.75 Å². The Bertz CT molecular complexity index is 1470. The van der Waals surface area contributed by atoms with Crippen LogP contribution in [-0.2, 0) is 12.0 Å². The largest absolute Gasteiger partial charge is 0.506 e. The fourth-order valence-corrected chi connectivity index (χ4v) is 4.01. The van der Waals surface area contributed by atoms with Crippen LogP contribution in [-0.4, -0.2) is 32.1 Å². The lowest BCUT2D eigenvalue weighted by Crippen LogP contribution is -2.53. The molecule has 2 N–H and O–H groups in total. The van der Waals surface area contributed by atoms with Crippen molar-refractivity contribution in [2.75, 3.05) is 0 Å². The Morgan fingerprint density at radius 1 is 0.861 bits per heavy atom. The standard InChI is InChI=1S/C24H15ClF6N2O3/c25-20-17(34)11-10-16-19(20)21(35)33(18(32-16)12-13-4-2-1-3-5-13)15-8-6-14(7-9-15)22(36,23(26,27)28)24(29,30)31/h1-11,34,36H,12H2. The summed E-state index contributed by atoms with van der Waals surface area (Å²) in [5.74, 6) is -0.309. The van der Waals surface area contributed by atoms with Gasteiger partial charge in [0.1, 0.15) is 11.6 Å². The number of hydrogen-bond acceptors (Lipinski definition) is 4. The first-order chi connectivity index (χ1) is 16.8. The van der Waals surface area contributed by atoms with E-state index in [0.29, 0.717) is 17.7 Å². The van der Waals surface area contributed by atoms with Crippen molar-refractivity contribution in [1.82, 2.24) is 9.55 Å². The summed E-state index contributed by atoms with van der Waals surface area (Å²) in [6.45, 7) is 0. The van der Waals surface area contributed by atoms with E-state index < -0.39 is 34.8 Å². The zero-order chi connectivity index (χ0) is 26.5. The lowest BCUT2D eigenvalue weighted by atomic mass is 9.92. The summed E-state index contributed by atoms with van der Waals surface area (Å²) in [6.07, 6.45) is -12.0. The number of aromatic hydroxyl groups is 1. The molecule has 0 spiro atoms. The number of aliphatic hydroxyl groups is 1. The van der Waals surface area contributed by atoms with Crippen molar-refractivity contribution >= 4 is 22.5 Å². The zero-order valence-corrected chi connectivity index (χ0v) is 18.7. The van der Waals surface area contributed by atoms with Gasteiger partial charge in [0.2, 0.25) is 0 Å². The summed E-state index contributed by atoms with van der Waals surface area (Å²) in [6, 6.07) is 13.8. The van der Waals surface area contributed by atoms with Gasteiger partial charge in [-0.15, -0.1) is 0 Å². The number of phenolic OH excluding ortho intramolecular Hbond substituents is 1. The number of fused-ring (bicyclic) bond motifs is 1. The highest BCUT2D eigenvalue weighted by atomic mass is 35.5. The molecule has 0 radical (unpaired) electrons. The molecule has 0 bridgehead atoms. The van der Waals surface area contributed by atoms with Crippen LogP contribution in [0.15, 0.2) is 71.5 Å². The van der Waals surface area contributed by atoms with E-state index in [9.17, 15) is 41.4 Å². The molecule has 12 heteroatoms. The third-order valence-corrected chi connectivity index (χ3v) is 5.98. The fourth-order valence-electron chi connectivity index (χ4n) is 3.77. The molecule has 1 aromatic heterocycles. The van der Waals surface area contributed by atoms with Gasteiger partial charge in [0.25, 0.3) is 11.2 Å². The van der Waals surface area contributed by atoms with Crippen LogP contribution >= 0.6 is 11.6 Å². The third kappa shape index (κ3) is 4.18. The smallest absolute Gasteiger partial charge is 0.430 e. The second-order valence-corrected chi connectivity index (χ2v) is 8.25. The number of halogens is 7. The van der Waals surface area contributed by atoms with Gasteiger partial charge in [-0.1, -0.05) is 54.1 Å². The highest BCUT2D eigenvalue weighted by Crippen LogP contribution is 2.50. The Hall–Kier alpha value is -3.57. The molecule has 0 fully saturated rings. The maximum atomic E-state index is 13.4. The molecule has 4 aromatic rings. The molecular formula is C24H15ClF6N2O3. The molecule has 0 aliphatic rings. The molecule has 36 heavy (non-hydrogen) atoms. The van der Waals surface area contributed by atoms with Gasteiger partial charge in [0, 0.05) is 12.0 Å². The molecule has 0 aliphatic carbocycles. The van der Waals surface area contributed by atoms with Crippen molar-refractivity contribution in [2.24, 2.45) is 0 Å². The van der Waals surface area contributed by atoms with E-state index in [2.05, 4.69) is 4.98 Å². The van der Waals surface area contributed by atoms with Crippen molar-refractivity contribution in [1.29, 1.82) is 0 Å². The molecule has 0 saturated carbocycles. The minimum atomic E-state index is -6.06. The number of rotatable bonds is 4. The quantitative estimate of drug-likeness (QED) is 0.336. The topological polar surface area (TPSA) is 75.3 Å². The van der Waals surface area contributed by atoms with Crippen LogP contribution in [0.3, 0.4) is 0 Å². The summed E-state index contributed by atoms with van der Waals surface area (Å²) in [5, 5.41) is 19.1. The first kappa shape index (κ1) is 25.5. The maximum absolute atomic E-state index is 13.4. The number of benzene rings is 3. The zero-order valence-electron chi connectivity index (χ0n) is 17.9. The molecule has 0 unspecified atom stereocenters. The minimum absolute atomic E-state index is 0.0707. The van der Waals surface area contributed by atoms with Crippen molar-refractivity contribution in [3.63, 3.8) is 0 Å². The Morgan fingerprint density at radius 3 is 2.00 bits per heavy atom. The summed E-state index contributed by atoms with van der Waals surface area (Å²) >= 11 is 6.10. The molecule has 5 nitrogen and oxygen atoms in total. The van der Waals surface area contributed by atoms with Crippen molar-refractivity contribution < 1.29 is 36.6 Å².